The number of hydrogen-bond donors (Lipinski definition) is 2. The first-order valence-electron chi connectivity index (χ1n) is 7.43. The Kier molecular flexibility index (Phi) is 4.55. The molecule has 3 rings (SSSR count). The predicted octanol–water partition coefficient (Wildman–Crippen LogP) is 3.77. The number of aromatic nitrogens is 2. The van der Waals surface area contributed by atoms with Gasteiger partial charge in [-0.2, -0.15) is 5.10 Å². The molecule has 1 aliphatic rings. The quantitative estimate of drug-likeness (QED) is 0.903. The van der Waals surface area contributed by atoms with Gasteiger partial charge in [0.05, 0.1) is 18.8 Å². The van der Waals surface area contributed by atoms with Crippen LogP contribution in [0.5, 0.6) is 0 Å². The maximum atomic E-state index is 12.0. The number of nitrogens with one attached hydrogen (secondary N) is 2. The first-order valence-corrected chi connectivity index (χ1v) is 8.31. The van der Waals surface area contributed by atoms with E-state index in [0.29, 0.717) is 12.6 Å². The Balaban J connectivity index is 1.57. The number of amides is 2. The molecule has 0 unspecified atom stereocenters. The van der Waals surface area contributed by atoms with Crippen LogP contribution < -0.4 is 10.6 Å². The molecule has 0 spiro atoms. The highest BCUT2D eigenvalue weighted by Gasteiger charge is 2.19. The van der Waals surface area contributed by atoms with Crippen molar-refractivity contribution in [1.29, 1.82) is 0 Å². The number of thiophene rings is 1. The molecule has 2 aromatic heterocycles. The van der Waals surface area contributed by atoms with E-state index in [4.69, 9.17) is 0 Å². The lowest BCUT2D eigenvalue weighted by atomic mass is 9.96. The Bertz CT molecular complexity index is 572. The Morgan fingerprint density at radius 3 is 2.95 bits per heavy atom. The third-order valence-corrected chi connectivity index (χ3v) is 4.71. The molecule has 1 fully saturated rings. The normalized spacial score (nSPS) is 15.8. The van der Waals surface area contributed by atoms with Gasteiger partial charge in [-0.1, -0.05) is 25.3 Å². The topological polar surface area (TPSA) is 59.0 Å². The maximum absolute atomic E-state index is 12.0. The molecule has 1 aliphatic carbocycles. The molecule has 2 aromatic rings. The molecular weight excluding hydrogens is 284 g/mol. The highest BCUT2D eigenvalue weighted by atomic mass is 32.1. The van der Waals surface area contributed by atoms with E-state index in [2.05, 4.69) is 15.7 Å². The van der Waals surface area contributed by atoms with Crippen LogP contribution >= 0.6 is 11.3 Å². The summed E-state index contributed by atoms with van der Waals surface area (Å²) >= 11 is 1.64. The first kappa shape index (κ1) is 14.1. The molecule has 21 heavy (non-hydrogen) atoms. The van der Waals surface area contributed by atoms with Crippen molar-refractivity contribution in [1.82, 2.24) is 15.1 Å². The van der Waals surface area contributed by atoms with Crippen LogP contribution in [0.4, 0.5) is 10.6 Å². The molecule has 2 N–H and O–H groups in total. The van der Waals surface area contributed by atoms with Crippen molar-refractivity contribution in [3.05, 3.63) is 34.7 Å². The van der Waals surface area contributed by atoms with Crippen molar-refractivity contribution in [2.24, 2.45) is 0 Å². The summed E-state index contributed by atoms with van der Waals surface area (Å²) in [4.78, 5) is 13.1. The summed E-state index contributed by atoms with van der Waals surface area (Å²) < 4.78 is 1.96. The van der Waals surface area contributed by atoms with E-state index in [0.717, 1.165) is 23.5 Å². The Hall–Kier alpha value is -1.82. The summed E-state index contributed by atoms with van der Waals surface area (Å²) in [5.74, 6) is 0.783. The molecule has 112 valence electrons. The van der Waals surface area contributed by atoms with Crippen LogP contribution in [0.15, 0.2) is 29.8 Å². The summed E-state index contributed by atoms with van der Waals surface area (Å²) in [5.41, 5.74) is 0. The van der Waals surface area contributed by atoms with Crippen LogP contribution in [0.3, 0.4) is 0 Å². The van der Waals surface area contributed by atoms with E-state index in [1.807, 2.05) is 28.3 Å². The monoisotopic (exact) mass is 304 g/mol. The van der Waals surface area contributed by atoms with E-state index in [1.54, 1.807) is 17.5 Å². The van der Waals surface area contributed by atoms with Crippen molar-refractivity contribution in [3.8, 4) is 0 Å². The van der Waals surface area contributed by atoms with Gasteiger partial charge in [-0.3, -0.25) is 5.32 Å². The highest BCUT2D eigenvalue weighted by Crippen LogP contribution is 2.29. The van der Waals surface area contributed by atoms with Gasteiger partial charge in [0.15, 0.2) is 0 Å². The molecule has 0 saturated heterocycles. The average Bonchev–Trinajstić information content (AvgIpc) is 3.17. The third kappa shape index (κ3) is 3.64. The van der Waals surface area contributed by atoms with Crippen LogP contribution in [0.2, 0.25) is 0 Å². The smallest absolute Gasteiger partial charge is 0.320 e. The number of carbonyl (C=O) groups excluding carboxylic acids is 1. The first-order chi connectivity index (χ1) is 10.3. The van der Waals surface area contributed by atoms with Gasteiger partial charge in [0.2, 0.25) is 0 Å². The molecule has 2 heterocycles. The zero-order chi connectivity index (χ0) is 14.5. The summed E-state index contributed by atoms with van der Waals surface area (Å²) in [6, 6.07) is 6.09. The van der Waals surface area contributed by atoms with E-state index < -0.39 is 0 Å². The fourth-order valence-electron chi connectivity index (χ4n) is 2.77. The maximum Gasteiger partial charge on any atom is 0.320 e. The highest BCUT2D eigenvalue weighted by molar-refractivity contribution is 7.09. The Morgan fingerprint density at radius 1 is 1.33 bits per heavy atom. The average molecular weight is 304 g/mol. The second-order valence-corrected chi connectivity index (χ2v) is 6.37. The zero-order valence-electron chi connectivity index (χ0n) is 11.9. The van der Waals surface area contributed by atoms with Gasteiger partial charge in [0.1, 0.15) is 5.82 Å². The Labute approximate surface area is 128 Å². The second-order valence-electron chi connectivity index (χ2n) is 5.34. The summed E-state index contributed by atoms with van der Waals surface area (Å²) in [6.45, 7) is 0.557. The minimum atomic E-state index is -0.180. The molecule has 0 aliphatic heterocycles. The van der Waals surface area contributed by atoms with Gasteiger partial charge in [0, 0.05) is 10.9 Å². The molecule has 1 saturated carbocycles. The minimum Gasteiger partial charge on any atom is -0.333 e. The molecule has 5 nitrogen and oxygen atoms in total. The van der Waals surface area contributed by atoms with Gasteiger partial charge in [-0.15, -0.1) is 11.3 Å². The van der Waals surface area contributed by atoms with Crippen molar-refractivity contribution < 1.29 is 4.79 Å². The van der Waals surface area contributed by atoms with Crippen LogP contribution in [-0.2, 0) is 6.54 Å². The van der Waals surface area contributed by atoms with E-state index >= 15 is 0 Å². The van der Waals surface area contributed by atoms with E-state index in [1.165, 1.54) is 19.3 Å². The largest absolute Gasteiger partial charge is 0.333 e. The predicted molar refractivity (Wildman–Crippen MR) is 84.5 cm³/mol. The molecule has 6 heteroatoms. The molecule has 2 amide bonds. The lowest BCUT2D eigenvalue weighted by Gasteiger charge is -2.23. The molecular formula is C15H20N4OS. The van der Waals surface area contributed by atoms with Crippen molar-refractivity contribution in [3.63, 3.8) is 0 Å². The number of hydrogen-bond acceptors (Lipinski definition) is 3. The SMILES string of the molecule is O=C(NCc1cccs1)Nc1ccnn1C1CCCCC1. The lowest BCUT2D eigenvalue weighted by Crippen LogP contribution is -2.29. The van der Waals surface area contributed by atoms with Crippen molar-refractivity contribution in [2.45, 2.75) is 44.7 Å². The van der Waals surface area contributed by atoms with Gasteiger partial charge < -0.3 is 5.32 Å². The van der Waals surface area contributed by atoms with Crippen LogP contribution in [-0.4, -0.2) is 15.8 Å². The summed E-state index contributed by atoms with van der Waals surface area (Å²) in [5, 5.41) is 12.2. The van der Waals surface area contributed by atoms with Gasteiger partial charge in [0.25, 0.3) is 0 Å². The molecule has 0 aromatic carbocycles. The molecule has 0 atom stereocenters. The van der Waals surface area contributed by atoms with Crippen LogP contribution in [0.25, 0.3) is 0 Å². The number of anilines is 1. The van der Waals surface area contributed by atoms with Crippen molar-refractivity contribution in [2.75, 3.05) is 5.32 Å². The van der Waals surface area contributed by atoms with Crippen molar-refractivity contribution >= 4 is 23.2 Å². The number of urea groups is 1. The van der Waals surface area contributed by atoms with Crippen LogP contribution in [0, 0.1) is 0 Å². The van der Waals surface area contributed by atoms with Gasteiger partial charge in [-0.05, 0) is 24.3 Å². The number of carbonyl (C=O) groups is 1. The van der Waals surface area contributed by atoms with Crippen LogP contribution in [0.1, 0.15) is 43.0 Å². The third-order valence-electron chi connectivity index (χ3n) is 3.84. The van der Waals surface area contributed by atoms with Gasteiger partial charge in [-0.25, -0.2) is 9.48 Å². The second kappa shape index (κ2) is 6.76. The lowest BCUT2D eigenvalue weighted by molar-refractivity contribution is 0.251. The Morgan fingerprint density at radius 2 is 2.19 bits per heavy atom. The van der Waals surface area contributed by atoms with E-state index in [-0.39, 0.29) is 6.03 Å². The zero-order valence-corrected chi connectivity index (χ0v) is 12.7. The fourth-order valence-corrected chi connectivity index (χ4v) is 3.42. The van der Waals surface area contributed by atoms with Gasteiger partial charge >= 0.3 is 6.03 Å². The summed E-state index contributed by atoms with van der Waals surface area (Å²) in [7, 11) is 0. The standard InChI is InChI=1S/C15H20N4OS/c20-15(16-11-13-7-4-10-21-13)18-14-8-9-17-19(14)12-5-2-1-3-6-12/h4,7-10,12H,1-3,5-6,11H2,(H2,16,18,20). The van der Waals surface area contributed by atoms with E-state index in [9.17, 15) is 4.79 Å². The molecule has 0 radical (unpaired) electrons. The number of rotatable bonds is 4. The number of nitrogens with zero attached hydrogens (tertiary/aromatic N) is 2. The molecule has 0 bridgehead atoms. The fraction of sp³-hybridized carbons (Fsp3) is 0.467. The summed E-state index contributed by atoms with van der Waals surface area (Å²) in [6.07, 6.45) is 7.84. The minimum absolute atomic E-state index is 0.180.